The lowest BCUT2D eigenvalue weighted by atomic mass is 10.2. The number of aliphatic hydroxyl groups is 1. The zero-order valence-corrected chi connectivity index (χ0v) is 16.3. The number of likely N-dealkylation sites (N-methyl/N-ethyl adjacent to an activating group) is 1. The molecule has 2 rings (SSSR count). The molecule has 7 nitrogen and oxygen atoms in total. The van der Waals surface area contributed by atoms with Crippen LogP contribution in [-0.2, 0) is 9.59 Å². The fourth-order valence-corrected chi connectivity index (χ4v) is 2.22. The number of nitrogens with two attached hydrogens (primary N) is 1. The van der Waals surface area contributed by atoms with Crippen LogP contribution in [0.15, 0.2) is 48.5 Å². The summed E-state index contributed by atoms with van der Waals surface area (Å²) in [6, 6.07) is 14.9. The second kappa shape index (κ2) is 12.2. The Hall–Kier alpha value is -3.19. The molecule has 0 unspecified atom stereocenters. The molecule has 1 amide bonds. The number of nitrogen functional groups attached to an aromatic ring is 1. The van der Waals surface area contributed by atoms with E-state index in [4.69, 9.17) is 16.2 Å². The number of aryl methyl sites for hydroxylation is 1. The number of rotatable bonds is 8. The zero-order chi connectivity index (χ0) is 20.9. The van der Waals surface area contributed by atoms with Crippen molar-refractivity contribution in [1.82, 2.24) is 0 Å². The van der Waals surface area contributed by atoms with E-state index < -0.39 is 0 Å². The second-order valence-corrected chi connectivity index (χ2v) is 6.23. The summed E-state index contributed by atoms with van der Waals surface area (Å²) in [6.07, 6.45) is 1.10. The minimum Gasteiger partial charge on any atom is -0.395 e. The highest BCUT2D eigenvalue weighted by Gasteiger charge is 2.02. The van der Waals surface area contributed by atoms with Crippen molar-refractivity contribution in [2.45, 2.75) is 19.8 Å². The minimum atomic E-state index is -0.206. The van der Waals surface area contributed by atoms with Gasteiger partial charge in [0.15, 0.2) is 0 Å². The molecule has 0 heterocycles. The Balaban J connectivity index is 0.000000292. The van der Waals surface area contributed by atoms with E-state index in [-0.39, 0.29) is 31.2 Å². The van der Waals surface area contributed by atoms with Crippen LogP contribution in [0.1, 0.15) is 24.0 Å². The first-order chi connectivity index (χ1) is 13.4. The van der Waals surface area contributed by atoms with Gasteiger partial charge in [-0.15, -0.1) is 0 Å². The lowest BCUT2D eigenvalue weighted by molar-refractivity contribution is -0.118. The van der Waals surface area contributed by atoms with Gasteiger partial charge in [0, 0.05) is 43.4 Å². The summed E-state index contributed by atoms with van der Waals surface area (Å²) in [5.74, 6) is -0.221. The standard InChI is InChI=1S/C11H13N3O2.C10H15NO/c12-11(13)8-3-5-9(6-4-8)14-10(16)2-1-7-15;1-9-3-5-10(6-4-9)11(2)7-8-12/h3-7H,1-2H2,(H3,12,13)(H,14,16);3-6,12H,7-8H2,1-2H3. The molecule has 0 atom stereocenters. The fourth-order valence-electron chi connectivity index (χ4n) is 2.22. The van der Waals surface area contributed by atoms with Gasteiger partial charge in [0.1, 0.15) is 12.1 Å². The van der Waals surface area contributed by atoms with Crippen molar-refractivity contribution in [3.63, 3.8) is 0 Å². The lowest BCUT2D eigenvalue weighted by Gasteiger charge is -2.17. The van der Waals surface area contributed by atoms with Crippen LogP contribution in [0.2, 0.25) is 0 Å². The summed E-state index contributed by atoms with van der Waals surface area (Å²) >= 11 is 0. The van der Waals surface area contributed by atoms with Gasteiger partial charge in [0.25, 0.3) is 0 Å². The molecule has 0 aromatic heterocycles. The first-order valence-electron chi connectivity index (χ1n) is 8.94. The van der Waals surface area contributed by atoms with Crippen molar-refractivity contribution < 1.29 is 14.7 Å². The minimum absolute atomic E-state index is 0.0150. The van der Waals surface area contributed by atoms with Gasteiger partial charge in [-0.3, -0.25) is 10.2 Å². The number of aliphatic hydroxyl groups excluding tert-OH is 1. The lowest BCUT2D eigenvalue weighted by Crippen LogP contribution is -2.20. The first kappa shape index (κ1) is 22.9. The van der Waals surface area contributed by atoms with Crippen molar-refractivity contribution >= 4 is 29.4 Å². The molecule has 0 saturated carbocycles. The number of amides is 1. The van der Waals surface area contributed by atoms with E-state index in [1.807, 2.05) is 11.9 Å². The van der Waals surface area contributed by atoms with Crippen LogP contribution < -0.4 is 16.0 Å². The Kier molecular flexibility index (Phi) is 9.99. The molecule has 0 saturated heterocycles. The van der Waals surface area contributed by atoms with Crippen LogP contribution >= 0.6 is 0 Å². The summed E-state index contributed by atoms with van der Waals surface area (Å²) in [7, 11) is 1.97. The monoisotopic (exact) mass is 384 g/mol. The number of nitrogens with one attached hydrogen (secondary N) is 2. The van der Waals surface area contributed by atoms with Gasteiger partial charge in [0.2, 0.25) is 5.91 Å². The molecule has 7 heteroatoms. The maximum Gasteiger partial charge on any atom is 0.224 e. The van der Waals surface area contributed by atoms with Crippen LogP contribution in [0, 0.1) is 12.3 Å². The number of carbonyl (C=O) groups excluding carboxylic acids is 2. The summed E-state index contributed by atoms with van der Waals surface area (Å²) in [4.78, 5) is 23.3. The Morgan fingerprint density at radius 2 is 1.79 bits per heavy atom. The molecular weight excluding hydrogens is 356 g/mol. The van der Waals surface area contributed by atoms with Crippen molar-refractivity contribution in [1.29, 1.82) is 5.41 Å². The van der Waals surface area contributed by atoms with Crippen molar-refractivity contribution in [3.8, 4) is 0 Å². The highest BCUT2D eigenvalue weighted by molar-refractivity contribution is 5.96. The van der Waals surface area contributed by atoms with Gasteiger partial charge in [-0.1, -0.05) is 17.7 Å². The Bertz CT molecular complexity index is 758. The van der Waals surface area contributed by atoms with Gasteiger partial charge in [0.05, 0.1) is 6.61 Å². The normalized spacial score (nSPS) is 9.68. The van der Waals surface area contributed by atoms with Gasteiger partial charge in [-0.25, -0.2) is 0 Å². The van der Waals surface area contributed by atoms with Gasteiger partial charge in [-0.2, -0.15) is 0 Å². The van der Waals surface area contributed by atoms with E-state index in [0.29, 0.717) is 24.1 Å². The number of hydrogen-bond donors (Lipinski definition) is 4. The molecule has 28 heavy (non-hydrogen) atoms. The molecule has 5 N–H and O–H groups in total. The molecule has 0 bridgehead atoms. The number of aldehydes is 1. The van der Waals surface area contributed by atoms with E-state index in [1.165, 1.54) is 5.56 Å². The van der Waals surface area contributed by atoms with E-state index in [2.05, 4.69) is 36.5 Å². The average molecular weight is 384 g/mol. The number of carbonyl (C=O) groups is 2. The Morgan fingerprint density at radius 1 is 1.18 bits per heavy atom. The summed E-state index contributed by atoms with van der Waals surface area (Å²) < 4.78 is 0. The summed E-state index contributed by atoms with van der Waals surface area (Å²) in [5, 5.41) is 18.5. The second-order valence-electron chi connectivity index (χ2n) is 6.23. The number of hydrogen-bond acceptors (Lipinski definition) is 5. The van der Waals surface area contributed by atoms with Crippen LogP contribution in [0.5, 0.6) is 0 Å². The van der Waals surface area contributed by atoms with Crippen LogP contribution in [-0.4, -0.2) is 43.3 Å². The maximum atomic E-state index is 11.3. The van der Waals surface area contributed by atoms with E-state index in [0.717, 1.165) is 5.69 Å². The van der Waals surface area contributed by atoms with Crippen molar-refractivity contribution in [3.05, 3.63) is 59.7 Å². The predicted octanol–water partition coefficient (Wildman–Crippen LogP) is 2.31. The third kappa shape index (κ3) is 8.46. The number of nitrogens with zero attached hydrogens (tertiary/aromatic N) is 1. The Labute approximate surface area is 165 Å². The molecular formula is C21H28N4O3. The first-order valence-corrected chi connectivity index (χ1v) is 8.94. The average Bonchev–Trinajstić information content (AvgIpc) is 2.68. The number of amidine groups is 1. The van der Waals surface area contributed by atoms with Crippen molar-refractivity contribution in [2.24, 2.45) is 5.73 Å². The quantitative estimate of drug-likeness (QED) is 0.316. The molecule has 0 fully saturated rings. The summed E-state index contributed by atoms with van der Waals surface area (Å²) in [6.45, 7) is 2.95. The third-order valence-corrected chi connectivity index (χ3v) is 3.88. The van der Waals surface area contributed by atoms with Crippen LogP contribution in [0.3, 0.4) is 0 Å². The van der Waals surface area contributed by atoms with E-state index in [1.54, 1.807) is 24.3 Å². The third-order valence-electron chi connectivity index (χ3n) is 3.88. The van der Waals surface area contributed by atoms with Gasteiger partial charge >= 0.3 is 0 Å². The highest BCUT2D eigenvalue weighted by Crippen LogP contribution is 2.12. The fraction of sp³-hybridized carbons (Fsp3) is 0.286. The molecule has 0 radical (unpaired) electrons. The van der Waals surface area contributed by atoms with Crippen LogP contribution in [0.4, 0.5) is 11.4 Å². The van der Waals surface area contributed by atoms with Gasteiger partial charge < -0.3 is 25.9 Å². The molecule has 0 aliphatic heterocycles. The van der Waals surface area contributed by atoms with E-state index >= 15 is 0 Å². The van der Waals surface area contributed by atoms with E-state index in [9.17, 15) is 9.59 Å². The maximum absolute atomic E-state index is 11.3. The Morgan fingerprint density at radius 3 is 2.29 bits per heavy atom. The zero-order valence-electron chi connectivity index (χ0n) is 16.3. The highest BCUT2D eigenvalue weighted by atomic mass is 16.3. The molecule has 150 valence electrons. The molecule has 0 aliphatic rings. The molecule has 2 aromatic rings. The van der Waals surface area contributed by atoms with Crippen LogP contribution in [0.25, 0.3) is 0 Å². The topological polar surface area (TPSA) is 120 Å². The van der Waals surface area contributed by atoms with Crippen molar-refractivity contribution in [2.75, 3.05) is 30.4 Å². The summed E-state index contributed by atoms with van der Waals surface area (Å²) in [5.41, 5.74) is 8.92. The predicted molar refractivity (Wildman–Crippen MR) is 113 cm³/mol. The number of anilines is 2. The number of benzene rings is 2. The SMILES string of the molecule is Cc1ccc(N(C)CCO)cc1.N=C(N)c1ccc(NC(=O)CCC=O)cc1. The largest absolute Gasteiger partial charge is 0.395 e. The van der Waals surface area contributed by atoms with Gasteiger partial charge in [-0.05, 0) is 43.3 Å². The smallest absolute Gasteiger partial charge is 0.224 e. The molecule has 2 aromatic carbocycles. The molecule has 0 spiro atoms. The molecule has 0 aliphatic carbocycles.